The molecule has 184 valence electrons. The van der Waals surface area contributed by atoms with E-state index in [1.54, 1.807) is 34.9 Å². The van der Waals surface area contributed by atoms with Crippen molar-refractivity contribution < 1.29 is 19.8 Å². The van der Waals surface area contributed by atoms with Crippen LogP contribution in [0.15, 0.2) is 84.9 Å². The van der Waals surface area contributed by atoms with Crippen LogP contribution in [0, 0.1) is 5.92 Å². The van der Waals surface area contributed by atoms with Gasteiger partial charge in [-0.25, -0.2) is 0 Å². The highest BCUT2D eigenvalue weighted by molar-refractivity contribution is 6.09. The summed E-state index contributed by atoms with van der Waals surface area (Å²) in [5.41, 5.74) is 2.82. The first-order valence-corrected chi connectivity index (χ1v) is 12.4. The predicted molar refractivity (Wildman–Crippen MR) is 140 cm³/mol. The summed E-state index contributed by atoms with van der Waals surface area (Å²) >= 11 is 0. The van der Waals surface area contributed by atoms with Crippen LogP contribution in [-0.2, 0) is 28.2 Å². The van der Waals surface area contributed by atoms with E-state index in [9.17, 15) is 19.8 Å². The van der Waals surface area contributed by atoms with Crippen molar-refractivity contribution in [2.75, 3.05) is 16.4 Å². The van der Waals surface area contributed by atoms with Gasteiger partial charge in [-0.2, -0.15) is 0 Å². The van der Waals surface area contributed by atoms with E-state index in [-0.39, 0.29) is 12.5 Å². The molecule has 2 heterocycles. The van der Waals surface area contributed by atoms with Gasteiger partial charge >= 0.3 is 0 Å². The molecular formula is C30H30N2O4. The monoisotopic (exact) mass is 482 g/mol. The largest absolute Gasteiger partial charge is 0.396 e. The van der Waals surface area contributed by atoms with Crippen molar-refractivity contribution in [2.45, 2.75) is 38.3 Å². The maximum Gasteiger partial charge on any atom is 0.264 e. The second-order valence-corrected chi connectivity index (χ2v) is 9.43. The average Bonchev–Trinajstić information content (AvgIpc) is 3.11. The van der Waals surface area contributed by atoms with Gasteiger partial charge in [0.25, 0.3) is 5.91 Å². The van der Waals surface area contributed by atoms with Gasteiger partial charge in [-0.3, -0.25) is 14.5 Å². The summed E-state index contributed by atoms with van der Waals surface area (Å²) in [6.07, 6.45) is 5.09. The van der Waals surface area contributed by atoms with Crippen molar-refractivity contribution in [2.24, 2.45) is 5.92 Å². The van der Waals surface area contributed by atoms with E-state index in [1.165, 1.54) is 0 Å². The minimum atomic E-state index is -1.80. The van der Waals surface area contributed by atoms with Crippen molar-refractivity contribution >= 4 is 28.9 Å². The van der Waals surface area contributed by atoms with Crippen LogP contribution in [0.1, 0.15) is 36.5 Å². The Bertz CT molecular complexity index is 1320. The number of amides is 2. The lowest BCUT2D eigenvalue weighted by atomic mass is 9.82. The van der Waals surface area contributed by atoms with E-state index in [0.29, 0.717) is 42.7 Å². The van der Waals surface area contributed by atoms with Gasteiger partial charge in [-0.05, 0) is 48.2 Å². The highest BCUT2D eigenvalue weighted by Crippen LogP contribution is 2.48. The molecule has 36 heavy (non-hydrogen) atoms. The normalized spacial score (nSPS) is 20.1. The first kappa shape index (κ1) is 24.0. The maximum atomic E-state index is 13.8. The van der Waals surface area contributed by atoms with E-state index in [1.807, 2.05) is 66.7 Å². The van der Waals surface area contributed by atoms with E-state index in [4.69, 9.17) is 0 Å². The fourth-order valence-corrected chi connectivity index (χ4v) is 5.22. The Morgan fingerprint density at radius 1 is 0.972 bits per heavy atom. The van der Waals surface area contributed by atoms with Gasteiger partial charge in [0, 0.05) is 30.2 Å². The number of fused-ring (bicyclic) bond motifs is 2. The number of benzene rings is 3. The number of carbonyl (C=O) groups excluding carboxylic acids is 2. The molecule has 0 unspecified atom stereocenters. The summed E-state index contributed by atoms with van der Waals surface area (Å²) in [6.45, 7) is 2.12. The molecule has 3 aromatic rings. The number of nitrogens with zero attached hydrogens (tertiary/aromatic N) is 2. The van der Waals surface area contributed by atoms with E-state index in [2.05, 4.69) is 0 Å². The lowest BCUT2D eigenvalue weighted by Gasteiger charge is -2.31. The fraction of sp³-hybridized carbons (Fsp3) is 0.267. The third-order valence-electron chi connectivity index (χ3n) is 7.16. The quantitative estimate of drug-likeness (QED) is 0.482. The summed E-state index contributed by atoms with van der Waals surface area (Å²) in [4.78, 5) is 30.2. The Labute approximate surface area is 211 Å². The van der Waals surface area contributed by atoms with Crippen LogP contribution in [0.3, 0.4) is 0 Å². The van der Waals surface area contributed by atoms with Crippen LogP contribution in [0.5, 0.6) is 0 Å². The van der Waals surface area contributed by atoms with Crippen LogP contribution >= 0.6 is 0 Å². The van der Waals surface area contributed by atoms with Gasteiger partial charge in [0.2, 0.25) is 5.91 Å². The molecule has 0 spiro atoms. The standard InChI is InChI=1S/C30H30N2O4/c1-21(9-7-8-18-33)30(36)25-19-24(32-26-13-6-5-12-23(26)14-17-28(32)34)15-16-27(25)31(29(30)35)20-22-10-3-2-4-11-22/h2-7,9-13,15-16,19,21,33,36H,8,14,17-18,20H2,1H3/b9-7+/t21-,30+/m1/s1. The third-order valence-corrected chi connectivity index (χ3v) is 7.16. The van der Waals surface area contributed by atoms with Crippen LogP contribution in [0.25, 0.3) is 0 Å². The number of aliphatic hydroxyl groups excluding tert-OH is 1. The number of anilines is 3. The first-order valence-electron chi connectivity index (χ1n) is 12.4. The van der Waals surface area contributed by atoms with Gasteiger partial charge in [-0.1, -0.05) is 67.6 Å². The molecule has 6 nitrogen and oxygen atoms in total. The molecule has 2 N–H and O–H groups in total. The zero-order chi connectivity index (χ0) is 25.3. The number of carbonyl (C=O) groups is 2. The second kappa shape index (κ2) is 9.72. The Morgan fingerprint density at radius 3 is 2.50 bits per heavy atom. The molecular weight excluding hydrogens is 452 g/mol. The lowest BCUT2D eigenvalue weighted by Crippen LogP contribution is -2.44. The van der Waals surface area contributed by atoms with Crippen molar-refractivity contribution in [1.82, 2.24) is 0 Å². The molecule has 0 saturated heterocycles. The minimum Gasteiger partial charge on any atom is -0.396 e. The zero-order valence-corrected chi connectivity index (χ0v) is 20.3. The van der Waals surface area contributed by atoms with Crippen LogP contribution < -0.4 is 9.80 Å². The van der Waals surface area contributed by atoms with Crippen LogP contribution in [0.4, 0.5) is 17.1 Å². The molecule has 0 fully saturated rings. The van der Waals surface area contributed by atoms with Gasteiger partial charge in [0.05, 0.1) is 17.9 Å². The number of para-hydroxylation sites is 1. The highest BCUT2D eigenvalue weighted by Gasteiger charge is 2.52. The highest BCUT2D eigenvalue weighted by atomic mass is 16.3. The number of hydrogen-bond donors (Lipinski definition) is 2. The molecule has 2 aliphatic rings. The molecule has 0 aromatic heterocycles. The Hall–Kier alpha value is -3.74. The number of hydrogen-bond acceptors (Lipinski definition) is 4. The van der Waals surface area contributed by atoms with Crippen molar-refractivity contribution in [3.63, 3.8) is 0 Å². The molecule has 0 saturated carbocycles. The molecule has 5 rings (SSSR count). The zero-order valence-electron chi connectivity index (χ0n) is 20.3. The number of aliphatic hydroxyl groups is 2. The summed E-state index contributed by atoms with van der Waals surface area (Å²) < 4.78 is 0. The van der Waals surface area contributed by atoms with E-state index < -0.39 is 17.4 Å². The molecule has 2 aliphatic heterocycles. The fourth-order valence-electron chi connectivity index (χ4n) is 5.22. The molecule has 2 atom stereocenters. The topological polar surface area (TPSA) is 81.1 Å². The van der Waals surface area contributed by atoms with E-state index in [0.717, 1.165) is 16.8 Å². The first-order chi connectivity index (χ1) is 17.4. The molecule has 2 amide bonds. The minimum absolute atomic E-state index is 0.00700. The number of aryl methyl sites for hydroxylation is 1. The summed E-state index contributed by atoms with van der Waals surface area (Å²) in [7, 11) is 0. The predicted octanol–water partition coefficient (Wildman–Crippen LogP) is 4.61. The molecule has 0 radical (unpaired) electrons. The van der Waals surface area contributed by atoms with Gasteiger partial charge in [0.15, 0.2) is 5.60 Å². The molecule has 0 bridgehead atoms. The lowest BCUT2D eigenvalue weighted by molar-refractivity contribution is -0.139. The third kappa shape index (κ3) is 4.02. The molecule has 0 aliphatic carbocycles. The summed E-state index contributed by atoms with van der Waals surface area (Å²) in [5.74, 6) is -0.959. The average molecular weight is 483 g/mol. The summed E-state index contributed by atoms with van der Waals surface area (Å²) in [5, 5.41) is 21.2. The van der Waals surface area contributed by atoms with Crippen molar-refractivity contribution in [3.8, 4) is 0 Å². The van der Waals surface area contributed by atoms with Gasteiger partial charge < -0.3 is 15.1 Å². The summed E-state index contributed by atoms with van der Waals surface area (Å²) in [6, 6.07) is 23.0. The van der Waals surface area contributed by atoms with Crippen LogP contribution in [-0.4, -0.2) is 28.6 Å². The molecule has 6 heteroatoms. The smallest absolute Gasteiger partial charge is 0.264 e. The van der Waals surface area contributed by atoms with E-state index >= 15 is 0 Å². The van der Waals surface area contributed by atoms with Crippen molar-refractivity contribution in [1.29, 1.82) is 0 Å². The van der Waals surface area contributed by atoms with Gasteiger partial charge in [-0.15, -0.1) is 0 Å². The number of rotatable bonds is 7. The SMILES string of the molecule is C[C@H](/C=C/CCO)[C@@]1(O)C(=O)N(Cc2ccccc2)c2ccc(N3C(=O)CCc4ccccc43)cc21. The maximum absolute atomic E-state index is 13.8. The van der Waals surface area contributed by atoms with Crippen LogP contribution in [0.2, 0.25) is 0 Å². The van der Waals surface area contributed by atoms with Gasteiger partial charge in [0.1, 0.15) is 0 Å². The van der Waals surface area contributed by atoms with Crippen molar-refractivity contribution in [3.05, 3.63) is 102 Å². The second-order valence-electron chi connectivity index (χ2n) is 9.43. The Kier molecular flexibility index (Phi) is 6.48. The molecule has 3 aromatic carbocycles. The Balaban J connectivity index is 1.62. The Morgan fingerprint density at radius 2 is 1.72 bits per heavy atom.